The van der Waals surface area contributed by atoms with Gasteiger partial charge in [-0.2, -0.15) is 5.26 Å². The Hall–Kier alpha value is -2.80. The highest BCUT2D eigenvalue weighted by Crippen LogP contribution is 2.11. The topological polar surface area (TPSA) is 73.1 Å². The van der Waals surface area contributed by atoms with Crippen molar-refractivity contribution in [1.29, 1.82) is 5.26 Å². The van der Waals surface area contributed by atoms with Crippen LogP contribution in [0, 0.1) is 11.3 Å². The summed E-state index contributed by atoms with van der Waals surface area (Å²) < 4.78 is 0. The highest BCUT2D eigenvalue weighted by Gasteiger charge is 2.01. The third kappa shape index (κ3) is 3.33. The van der Waals surface area contributed by atoms with Gasteiger partial charge in [0.15, 0.2) is 0 Å². The second-order valence-corrected chi connectivity index (χ2v) is 4.04. The Morgan fingerprint density at radius 3 is 2.26 bits per heavy atom. The minimum Gasteiger partial charge on any atom is -0.478 e. The monoisotopic (exact) mass is 252 g/mol. The quantitative estimate of drug-likeness (QED) is 0.877. The molecule has 0 radical (unpaired) electrons. The summed E-state index contributed by atoms with van der Waals surface area (Å²) in [6, 6.07) is 16.0. The molecule has 2 aromatic carbocycles. The number of rotatable bonds is 4. The number of hydrogen-bond donors (Lipinski definition) is 2. The van der Waals surface area contributed by atoms with Gasteiger partial charge in [0.1, 0.15) is 0 Å². The number of nitriles is 1. The SMILES string of the molecule is N#Cc1ccc(CNc2ccc(C(=O)O)cc2)cc1. The van der Waals surface area contributed by atoms with Crippen molar-refractivity contribution in [1.82, 2.24) is 0 Å². The summed E-state index contributed by atoms with van der Waals surface area (Å²) in [5, 5.41) is 20.7. The molecule has 0 unspecified atom stereocenters. The molecule has 2 N–H and O–H groups in total. The third-order valence-corrected chi connectivity index (χ3v) is 2.71. The maximum atomic E-state index is 10.7. The zero-order chi connectivity index (χ0) is 13.7. The van der Waals surface area contributed by atoms with Crippen LogP contribution < -0.4 is 5.32 Å². The van der Waals surface area contributed by atoms with E-state index < -0.39 is 5.97 Å². The van der Waals surface area contributed by atoms with Crippen LogP contribution in [0.3, 0.4) is 0 Å². The number of nitrogens with one attached hydrogen (secondary N) is 1. The lowest BCUT2D eigenvalue weighted by molar-refractivity contribution is 0.0697. The second kappa shape index (κ2) is 5.69. The molecule has 0 saturated heterocycles. The van der Waals surface area contributed by atoms with E-state index in [9.17, 15) is 4.79 Å². The van der Waals surface area contributed by atoms with Gasteiger partial charge in [0.25, 0.3) is 0 Å². The molecule has 0 atom stereocenters. The largest absolute Gasteiger partial charge is 0.478 e. The van der Waals surface area contributed by atoms with Crippen LogP contribution in [0.25, 0.3) is 0 Å². The molecule has 4 heteroatoms. The molecule has 0 aliphatic carbocycles. The second-order valence-electron chi connectivity index (χ2n) is 4.04. The van der Waals surface area contributed by atoms with Gasteiger partial charge in [-0.15, -0.1) is 0 Å². The predicted molar refractivity (Wildman–Crippen MR) is 71.9 cm³/mol. The molecule has 0 amide bonds. The lowest BCUT2D eigenvalue weighted by atomic mass is 10.1. The summed E-state index contributed by atoms with van der Waals surface area (Å²) in [4.78, 5) is 10.7. The number of benzene rings is 2. The summed E-state index contributed by atoms with van der Waals surface area (Å²) >= 11 is 0. The van der Waals surface area contributed by atoms with Crippen molar-refractivity contribution in [3.8, 4) is 6.07 Å². The minimum absolute atomic E-state index is 0.268. The molecule has 0 bridgehead atoms. The van der Waals surface area contributed by atoms with E-state index in [2.05, 4.69) is 11.4 Å². The van der Waals surface area contributed by atoms with Crippen molar-refractivity contribution in [3.63, 3.8) is 0 Å². The van der Waals surface area contributed by atoms with E-state index >= 15 is 0 Å². The summed E-state index contributed by atoms with van der Waals surface area (Å²) in [6.45, 7) is 0.623. The molecule has 0 heterocycles. The summed E-state index contributed by atoms with van der Waals surface area (Å²) in [6.07, 6.45) is 0. The smallest absolute Gasteiger partial charge is 0.335 e. The predicted octanol–water partition coefficient (Wildman–Crippen LogP) is 2.87. The van der Waals surface area contributed by atoms with Crippen LogP contribution in [0.2, 0.25) is 0 Å². The molecule has 94 valence electrons. The van der Waals surface area contributed by atoms with E-state index in [4.69, 9.17) is 10.4 Å². The molecule has 0 spiro atoms. The fourth-order valence-electron chi connectivity index (χ4n) is 1.63. The van der Waals surface area contributed by atoms with Crippen molar-refractivity contribution in [3.05, 3.63) is 65.2 Å². The highest BCUT2D eigenvalue weighted by molar-refractivity contribution is 5.87. The van der Waals surface area contributed by atoms with E-state index in [1.54, 1.807) is 36.4 Å². The fraction of sp³-hybridized carbons (Fsp3) is 0.0667. The van der Waals surface area contributed by atoms with Crippen LogP contribution in [0.15, 0.2) is 48.5 Å². The lowest BCUT2D eigenvalue weighted by Gasteiger charge is -2.06. The molecule has 2 aromatic rings. The number of hydrogen-bond acceptors (Lipinski definition) is 3. The average Bonchev–Trinajstić information content (AvgIpc) is 2.46. The molecule has 0 aliphatic heterocycles. The molecule has 4 nitrogen and oxygen atoms in total. The Balaban J connectivity index is 1.98. The number of carboxylic acid groups (broad SMARTS) is 1. The average molecular weight is 252 g/mol. The maximum Gasteiger partial charge on any atom is 0.335 e. The molecule has 0 saturated carbocycles. The van der Waals surface area contributed by atoms with Gasteiger partial charge in [-0.3, -0.25) is 0 Å². The number of nitrogens with zero attached hydrogens (tertiary/aromatic N) is 1. The van der Waals surface area contributed by atoms with E-state index in [1.807, 2.05) is 12.1 Å². The number of carboxylic acids is 1. The number of anilines is 1. The van der Waals surface area contributed by atoms with Gasteiger partial charge in [-0.1, -0.05) is 12.1 Å². The van der Waals surface area contributed by atoms with Crippen molar-refractivity contribution in [2.45, 2.75) is 6.54 Å². The third-order valence-electron chi connectivity index (χ3n) is 2.71. The van der Waals surface area contributed by atoms with Crippen molar-refractivity contribution in [2.75, 3.05) is 5.32 Å². The Morgan fingerprint density at radius 1 is 1.11 bits per heavy atom. The van der Waals surface area contributed by atoms with Gasteiger partial charge < -0.3 is 10.4 Å². The van der Waals surface area contributed by atoms with Gasteiger partial charge in [0.05, 0.1) is 17.2 Å². The first-order chi connectivity index (χ1) is 9.19. The van der Waals surface area contributed by atoms with Crippen LogP contribution >= 0.6 is 0 Å². The van der Waals surface area contributed by atoms with Crippen molar-refractivity contribution < 1.29 is 9.90 Å². The first-order valence-corrected chi connectivity index (χ1v) is 5.75. The molecule has 2 rings (SSSR count). The first-order valence-electron chi connectivity index (χ1n) is 5.75. The van der Waals surface area contributed by atoms with Gasteiger partial charge >= 0.3 is 5.97 Å². The van der Waals surface area contributed by atoms with Crippen molar-refractivity contribution in [2.24, 2.45) is 0 Å². The molecular formula is C15H12N2O2. The van der Waals surface area contributed by atoms with Gasteiger partial charge in [-0.25, -0.2) is 4.79 Å². The Kier molecular flexibility index (Phi) is 3.79. The van der Waals surface area contributed by atoms with Crippen LogP contribution in [0.1, 0.15) is 21.5 Å². The summed E-state index contributed by atoms with van der Waals surface area (Å²) in [7, 11) is 0. The number of carbonyl (C=O) groups is 1. The van der Waals surface area contributed by atoms with Crippen LogP contribution in [0.4, 0.5) is 5.69 Å². The Bertz CT molecular complexity index is 610. The first kappa shape index (κ1) is 12.7. The van der Waals surface area contributed by atoms with Crippen molar-refractivity contribution >= 4 is 11.7 Å². The van der Waals surface area contributed by atoms with E-state index in [-0.39, 0.29) is 5.56 Å². The highest BCUT2D eigenvalue weighted by atomic mass is 16.4. The molecule has 0 aromatic heterocycles. The number of aromatic carboxylic acids is 1. The Morgan fingerprint density at radius 2 is 1.74 bits per heavy atom. The lowest BCUT2D eigenvalue weighted by Crippen LogP contribution is -2.00. The van der Waals surface area contributed by atoms with Gasteiger partial charge in [-0.05, 0) is 42.0 Å². The zero-order valence-corrected chi connectivity index (χ0v) is 10.1. The van der Waals surface area contributed by atoms with Gasteiger partial charge in [0, 0.05) is 12.2 Å². The van der Waals surface area contributed by atoms with Gasteiger partial charge in [0.2, 0.25) is 0 Å². The molecule has 19 heavy (non-hydrogen) atoms. The van der Waals surface area contributed by atoms with Crippen LogP contribution in [-0.4, -0.2) is 11.1 Å². The standard InChI is InChI=1S/C15H12N2O2/c16-9-11-1-3-12(4-2-11)10-17-14-7-5-13(6-8-14)15(18)19/h1-8,17H,10H2,(H,18,19). The normalized spacial score (nSPS) is 9.63. The maximum absolute atomic E-state index is 10.7. The van der Waals surface area contributed by atoms with E-state index in [0.717, 1.165) is 11.3 Å². The molecular weight excluding hydrogens is 240 g/mol. The Labute approximate surface area is 110 Å². The minimum atomic E-state index is -0.932. The molecule has 0 aliphatic rings. The van der Waals surface area contributed by atoms with Crippen LogP contribution in [-0.2, 0) is 6.54 Å². The summed E-state index contributed by atoms with van der Waals surface area (Å²) in [5.41, 5.74) is 2.81. The van der Waals surface area contributed by atoms with Crippen LogP contribution in [0.5, 0.6) is 0 Å². The molecule has 0 fully saturated rings. The zero-order valence-electron chi connectivity index (χ0n) is 10.1. The fourth-order valence-corrected chi connectivity index (χ4v) is 1.63. The summed E-state index contributed by atoms with van der Waals surface area (Å²) in [5.74, 6) is -0.932. The van der Waals surface area contributed by atoms with E-state index in [0.29, 0.717) is 12.1 Å². The van der Waals surface area contributed by atoms with E-state index in [1.165, 1.54) is 0 Å².